The highest BCUT2D eigenvalue weighted by atomic mass is 15.1. The highest BCUT2D eigenvalue weighted by Gasteiger charge is 2.24. The fourth-order valence-corrected chi connectivity index (χ4v) is 10.8. The smallest absolute Gasteiger partial charge is 0.138 e. The van der Waals surface area contributed by atoms with Crippen molar-refractivity contribution in [1.29, 1.82) is 47.4 Å². The van der Waals surface area contributed by atoms with Gasteiger partial charge in [-0.25, -0.2) is 4.98 Å². The number of aromatic nitrogens is 3. The first-order valence-electron chi connectivity index (χ1n) is 24.7. The first kappa shape index (κ1) is 48.1. The first-order valence-corrected chi connectivity index (χ1v) is 24.7. The van der Waals surface area contributed by atoms with Gasteiger partial charge in [0.05, 0.1) is 139 Å². The largest absolute Gasteiger partial charge is 0.307 e. The van der Waals surface area contributed by atoms with Gasteiger partial charge in [-0.2, -0.15) is 47.4 Å². The van der Waals surface area contributed by atoms with Gasteiger partial charge in [-0.3, -0.25) is 4.57 Å². The molecular weight excluding hydrogens is 985 g/mol. The summed E-state index contributed by atoms with van der Waals surface area (Å²) < 4.78 is 4.12. The molecule has 0 aliphatic heterocycles. The quantitative estimate of drug-likeness (QED) is 0.146. The number of pyridine rings is 1. The zero-order valence-electron chi connectivity index (χ0n) is 41.7. The maximum absolute atomic E-state index is 10.8. The highest BCUT2D eigenvalue weighted by Crippen LogP contribution is 2.43. The van der Waals surface area contributed by atoms with Gasteiger partial charge in [-0.05, 0) is 154 Å². The minimum Gasteiger partial charge on any atom is -0.307 e. The Hall–Kier alpha value is -12.9. The molecular formula is C68H30N12. The third kappa shape index (κ3) is 7.82. The van der Waals surface area contributed by atoms with Crippen LogP contribution >= 0.6 is 0 Å². The number of rotatable bonds is 7. The van der Waals surface area contributed by atoms with Crippen LogP contribution in [0, 0.1) is 102 Å². The molecule has 9 aromatic carbocycles. The van der Waals surface area contributed by atoms with Crippen LogP contribution < -0.4 is 0 Å². The molecule has 0 aliphatic carbocycles. The molecule has 12 rings (SSSR count). The molecule has 0 aliphatic rings. The van der Waals surface area contributed by atoms with E-state index in [0.29, 0.717) is 95.0 Å². The Labute approximate surface area is 456 Å². The lowest BCUT2D eigenvalue weighted by Gasteiger charge is -2.17. The van der Waals surface area contributed by atoms with Crippen molar-refractivity contribution >= 4 is 43.6 Å². The molecule has 12 heteroatoms. The van der Waals surface area contributed by atoms with Gasteiger partial charge in [-0.15, -0.1) is 0 Å². The van der Waals surface area contributed by atoms with Gasteiger partial charge in [0.2, 0.25) is 0 Å². The molecule has 0 unspecified atom stereocenters. The van der Waals surface area contributed by atoms with Gasteiger partial charge in [0, 0.05) is 32.7 Å². The zero-order valence-corrected chi connectivity index (χ0v) is 41.7. The summed E-state index contributed by atoms with van der Waals surface area (Å²) in [6, 6.07) is 72.8. The molecule has 0 atom stereocenters. The van der Waals surface area contributed by atoms with Gasteiger partial charge in [0.1, 0.15) is 5.82 Å². The molecule has 0 radical (unpaired) electrons. The van der Waals surface area contributed by atoms with Crippen LogP contribution in [0.4, 0.5) is 0 Å². The van der Waals surface area contributed by atoms with Crippen LogP contribution in [0.3, 0.4) is 0 Å². The van der Waals surface area contributed by atoms with E-state index in [4.69, 9.17) is 4.98 Å². The summed E-state index contributed by atoms with van der Waals surface area (Å²) in [7, 11) is 0. The molecule has 0 fully saturated rings. The van der Waals surface area contributed by atoms with Crippen molar-refractivity contribution in [1.82, 2.24) is 14.1 Å². The molecule has 0 amide bonds. The van der Waals surface area contributed by atoms with Crippen molar-refractivity contribution < 1.29 is 0 Å². The van der Waals surface area contributed by atoms with Crippen LogP contribution in [-0.2, 0) is 0 Å². The SMILES string of the molecule is N#Cc1ccc(-c2ccc3c(c2)c2cc(-c4ccc(C#N)cc4C#N)ccc2n3-c2cc(-c3ccccc3C#N)c(-n3c4ccc(-c5ccc(C#N)cc5C#N)cc4c4cc(-c5ccc(C#N)cc5C#N)ccc43)cn2)c(C#N)c1. The second-order valence-electron chi connectivity index (χ2n) is 18.8. The minimum absolute atomic E-state index is 0.333. The number of nitriles is 9. The van der Waals surface area contributed by atoms with E-state index in [1.807, 2.05) is 102 Å². The molecule has 12 nitrogen and oxygen atoms in total. The molecule has 3 heterocycles. The third-order valence-electron chi connectivity index (χ3n) is 14.5. The van der Waals surface area contributed by atoms with Crippen molar-refractivity contribution in [3.05, 3.63) is 232 Å². The van der Waals surface area contributed by atoms with Gasteiger partial charge >= 0.3 is 0 Å². The van der Waals surface area contributed by atoms with Crippen LogP contribution in [0.15, 0.2) is 182 Å². The number of fused-ring (bicyclic) bond motifs is 6. The van der Waals surface area contributed by atoms with Gasteiger partial charge in [0.15, 0.2) is 0 Å². The fourth-order valence-electron chi connectivity index (χ4n) is 10.8. The number of hydrogen-bond donors (Lipinski definition) is 0. The highest BCUT2D eigenvalue weighted by molar-refractivity contribution is 6.14. The molecule has 0 saturated heterocycles. The molecule has 12 aromatic rings. The van der Waals surface area contributed by atoms with E-state index in [9.17, 15) is 47.4 Å². The van der Waals surface area contributed by atoms with Crippen molar-refractivity contribution in [2.75, 3.05) is 0 Å². The summed E-state index contributed by atoms with van der Waals surface area (Å²) in [6.07, 6.45) is 1.79. The van der Waals surface area contributed by atoms with Crippen molar-refractivity contribution in [3.63, 3.8) is 0 Å². The van der Waals surface area contributed by atoms with Crippen LogP contribution in [0.25, 0.3) is 111 Å². The van der Waals surface area contributed by atoms with Crippen LogP contribution in [0.2, 0.25) is 0 Å². The predicted octanol–water partition coefficient (Wildman–Crippen LogP) is 14.5. The van der Waals surface area contributed by atoms with E-state index in [0.717, 1.165) is 65.9 Å². The molecule has 0 spiro atoms. The average Bonchev–Trinajstić information content (AvgIpc) is 4.22. The monoisotopic (exact) mass is 1010 g/mol. The van der Waals surface area contributed by atoms with E-state index in [-0.39, 0.29) is 0 Å². The molecule has 3 aromatic heterocycles. The Balaban J connectivity index is 1.14. The lowest BCUT2D eigenvalue weighted by Crippen LogP contribution is -2.04. The van der Waals surface area contributed by atoms with E-state index in [1.165, 1.54) is 0 Å². The van der Waals surface area contributed by atoms with Gasteiger partial charge in [0.25, 0.3) is 0 Å². The molecule has 80 heavy (non-hydrogen) atoms. The third-order valence-corrected chi connectivity index (χ3v) is 14.5. The standard InChI is InChI=1S/C68H30N12/c69-30-40-5-13-53(49(21-40)35-74)44-9-17-63-58(25-44)59-26-45(54-14-6-41(31-70)22-50(54)36-75)10-18-64(59)79(63)67-39-78-68(29-62(67)57-4-2-1-3-48(57)34-73)80-65-19-11-46(55-15-7-42(32-71)23-51(55)37-76)27-60(65)61-28-47(12-20-66(61)80)56-16-8-43(33-72)24-52(56)38-77/h1-29,39H. The minimum atomic E-state index is 0.333. The summed E-state index contributed by atoms with van der Waals surface area (Å²) in [5.41, 5.74) is 13.6. The van der Waals surface area contributed by atoms with Crippen molar-refractivity contribution in [3.8, 4) is 122 Å². The van der Waals surface area contributed by atoms with E-state index >= 15 is 0 Å². The Bertz CT molecular complexity index is 4880. The zero-order chi connectivity index (χ0) is 55.2. The van der Waals surface area contributed by atoms with E-state index < -0.39 is 0 Å². The van der Waals surface area contributed by atoms with E-state index in [2.05, 4.69) is 59.2 Å². The topological polar surface area (TPSA) is 237 Å². The lowest BCUT2D eigenvalue weighted by atomic mass is 9.95. The molecule has 0 bridgehead atoms. The second-order valence-corrected chi connectivity index (χ2v) is 18.8. The van der Waals surface area contributed by atoms with Crippen LogP contribution in [0.5, 0.6) is 0 Å². The molecule has 362 valence electrons. The van der Waals surface area contributed by atoms with Crippen LogP contribution in [-0.4, -0.2) is 14.1 Å². The lowest BCUT2D eigenvalue weighted by molar-refractivity contribution is 1.06. The number of nitrogens with zero attached hydrogens (tertiary/aromatic N) is 12. The summed E-state index contributed by atoms with van der Waals surface area (Å²) in [5.74, 6) is 0.504. The summed E-state index contributed by atoms with van der Waals surface area (Å²) in [5, 5.41) is 93.7. The molecule has 0 saturated carbocycles. The van der Waals surface area contributed by atoms with Gasteiger partial charge in [-0.1, -0.05) is 66.7 Å². The summed E-state index contributed by atoms with van der Waals surface area (Å²) in [6.45, 7) is 0. The Morgan fingerprint density at radius 2 is 0.613 bits per heavy atom. The number of benzene rings is 9. The van der Waals surface area contributed by atoms with Crippen molar-refractivity contribution in [2.24, 2.45) is 0 Å². The summed E-state index contributed by atoms with van der Waals surface area (Å²) in [4.78, 5) is 5.28. The maximum atomic E-state index is 10.8. The molecule has 0 N–H and O–H groups in total. The second kappa shape index (κ2) is 19.4. The van der Waals surface area contributed by atoms with Crippen LogP contribution in [0.1, 0.15) is 50.1 Å². The maximum Gasteiger partial charge on any atom is 0.138 e. The average molecular weight is 1020 g/mol. The predicted molar refractivity (Wildman–Crippen MR) is 303 cm³/mol. The number of hydrogen-bond acceptors (Lipinski definition) is 10. The Kier molecular flexibility index (Phi) is 11.7. The summed E-state index contributed by atoms with van der Waals surface area (Å²) >= 11 is 0. The Morgan fingerprint density at radius 1 is 0.275 bits per heavy atom. The first-order chi connectivity index (χ1) is 39.2. The van der Waals surface area contributed by atoms with Crippen molar-refractivity contribution in [2.45, 2.75) is 0 Å². The fraction of sp³-hybridized carbons (Fsp3) is 0. The van der Waals surface area contributed by atoms with E-state index in [1.54, 1.807) is 85.1 Å². The van der Waals surface area contributed by atoms with Gasteiger partial charge < -0.3 is 4.57 Å². The Morgan fingerprint density at radius 3 is 0.950 bits per heavy atom. The normalized spacial score (nSPS) is 10.6.